The Bertz CT molecular complexity index is 910. The van der Waals surface area contributed by atoms with Crippen LogP contribution in [0.2, 0.25) is 0 Å². The topological polar surface area (TPSA) is 95.5 Å². The molecule has 0 heterocycles. The van der Waals surface area contributed by atoms with E-state index in [0.717, 1.165) is 5.56 Å². The molecule has 0 aliphatic carbocycles. The first kappa shape index (κ1) is 21.8. The Morgan fingerprint density at radius 3 is 2.24 bits per heavy atom. The molecule has 6 nitrogen and oxygen atoms in total. The normalized spacial score (nSPS) is 12.3. The number of aliphatic carboxylic acids is 1. The largest absolute Gasteiger partial charge is 0.480 e. The van der Waals surface area contributed by atoms with Gasteiger partial charge in [-0.2, -0.15) is 0 Å². The van der Waals surface area contributed by atoms with E-state index in [9.17, 15) is 23.9 Å². The van der Waals surface area contributed by atoms with Crippen molar-refractivity contribution in [3.8, 4) is 0 Å². The summed E-state index contributed by atoms with van der Waals surface area (Å²) in [6.45, 7) is 3.29. The van der Waals surface area contributed by atoms with Crippen molar-refractivity contribution in [3.05, 3.63) is 77.2 Å². The van der Waals surface area contributed by atoms with Crippen LogP contribution < -0.4 is 10.6 Å². The molecule has 2 amide bonds. The van der Waals surface area contributed by atoms with Crippen LogP contribution in [-0.4, -0.2) is 28.9 Å². The van der Waals surface area contributed by atoms with Crippen LogP contribution in [0.3, 0.4) is 0 Å². The molecular weight excluding hydrogens is 375 g/mol. The number of hydrogen-bond donors (Lipinski definition) is 3. The fraction of sp³-hybridized carbons (Fsp3) is 0.227. The number of carbonyl (C=O) groups excluding carboxylic acids is 2. The molecule has 0 aliphatic heterocycles. The minimum Gasteiger partial charge on any atom is -0.480 e. The van der Waals surface area contributed by atoms with Gasteiger partial charge in [0.25, 0.3) is 5.91 Å². The van der Waals surface area contributed by atoms with Gasteiger partial charge in [0.15, 0.2) is 0 Å². The van der Waals surface area contributed by atoms with E-state index in [2.05, 4.69) is 10.6 Å². The van der Waals surface area contributed by atoms with Crippen LogP contribution in [0.25, 0.3) is 6.08 Å². The first-order valence-corrected chi connectivity index (χ1v) is 9.11. The molecule has 0 aliphatic rings. The lowest BCUT2D eigenvalue weighted by atomic mass is 10.0. The summed E-state index contributed by atoms with van der Waals surface area (Å²) in [5.41, 5.74) is 0.596. The summed E-state index contributed by atoms with van der Waals surface area (Å²) in [6.07, 6.45) is 1.20. The van der Waals surface area contributed by atoms with Crippen LogP contribution in [0.4, 0.5) is 4.39 Å². The van der Waals surface area contributed by atoms with E-state index in [0.29, 0.717) is 0 Å². The molecule has 3 N–H and O–H groups in total. The van der Waals surface area contributed by atoms with Crippen molar-refractivity contribution < 1.29 is 23.9 Å². The summed E-state index contributed by atoms with van der Waals surface area (Å²) in [4.78, 5) is 36.5. The minimum atomic E-state index is -1.20. The smallest absolute Gasteiger partial charge is 0.326 e. The maximum absolute atomic E-state index is 14.0. The highest BCUT2D eigenvalue weighted by Crippen LogP contribution is 2.12. The predicted octanol–water partition coefficient (Wildman–Crippen LogP) is 2.75. The maximum Gasteiger partial charge on any atom is 0.326 e. The molecule has 152 valence electrons. The molecule has 7 heteroatoms. The summed E-state index contributed by atoms with van der Waals surface area (Å²) >= 11 is 0. The van der Waals surface area contributed by atoms with Gasteiger partial charge in [0.1, 0.15) is 17.6 Å². The Kier molecular flexibility index (Phi) is 7.65. The van der Waals surface area contributed by atoms with Gasteiger partial charge in [-0.15, -0.1) is 0 Å². The average Bonchev–Trinajstić information content (AvgIpc) is 2.67. The van der Waals surface area contributed by atoms with Crippen molar-refractivity contribution in [2.24, 2.45) is 5.92 Å². The Labute approximate surface area is 168 Å². The van der Waals surface area contributed by atoms with Crippen molar-refractivity contribution in [2.45, 2.75) is 26.3 Å². The second-order valence-electron chi connectivity index (χ2n) is 6.82. The van der Waals surface area contributed by atoms with Crippen molar-refractivity contribution in [1.82, 2.24) is 10.6 Å². The first-order valence-electron chi connectivity index (χ1n) is 9.11. The number of amides is 2. The Hall–Kier alpha value is -3.48. The van der Waals surface area contributed by atoms with E-state index >= 15 is 0 Å². The van der Waals surface area contributed by atoms with E-state index in [1.54, 1.807) is 44.2 Å². The lowest BCUT2D eigenvalue weighted by Crippen LogP contribution is -2.47. The van der Waals surface area contributed by atoms with Gasteiger partial charge in [-0.3, -0.25) is 9.59 Å². The lowest BCUT2D eigenvalue weighted by Gasteiger charge is -2.19. The molecule has 0 fully saturated rings. The summed E-state index contributed by atoms with van der Waals surface area (Å²) in [6, 6.07) is 13.5. The van der Waals surface area contributed by atoms with Crippen LogP contribution >= 0.6 is 0 Å². The standard InChI is InChI=1S/C22H23FN2O4/c1-14(2)20(22(28)29)25-21(27)18(13-16-10-6-7-11-17(16)23)24-19(26)12-15-8-4-3-5-9-15/h3-11,13-14,20H,12H2,1-2H3,(H,24,26)(H,25,27)(H,28,29). The molecule has 1 unspecified atom stereocenters. The molecule has 0 radical (unpaired) electrons. The summed E-state index contributed by atoms with van der Waals surface area (Å²) in [5.74, 6) is -3.45. The molecule has 0 spiro atoms. The number of carbonyl (C=O) groups is 3. The predicted molar refractivity (Wildman–Crippen MR) is 107 cm³/mol. The lowest BCUT2D eigenvalue weighted by molar-refractivity contribution is -0.142. The molecule has 2 aromatic rings. The van der Waals surface area contributed by atoms with Gasteiger partial charge in [0.05, 0.1) is 6.42 Å². The third-order valence-electron chi connectivity index (χ3n) is 4.15. The fourth-order valence-electron chi connectivity index (χ4n) is 2.61. The van der Waals surface area contributed by atoms with Crippen molar-refractivity contribution >= 4 is 23.9 Å². The molecule has 29 heavy (non-hydrogen) atoms. The van der Waals surface area contributed by atoms with Crippen molar-refractivity contribution in [3.63, 3.8) is 0 Å². The highest BCUT2D eigenvalue weighted by molar-refractivity contribution is 6.02. The number of nitrogens with one attached hydrogen (secondary N) is 2. The van der Waals surface area contributed by atoms with Gasteiger partial charge >= 0.3 is 5.97 Å². The quantitative estimate of drug-likeness (QED) is 0.596. The number of hydrogen-bond acceptors (Lipinski definition) is 3. The number of carboxylic acid groups (broad SMARTS) is 1. The second kappa shape index (κ2) is 10.2. The third kappa shape index (κ3) is 6.57. The SMILES string of the molecule is CC(C)C(NC(=O)C(=Cc1ccccc1F)NC(=O)Cc1ccccc1)C(=O)O. The molecule has 0 bridgehead atoms. The second-order valence-corrected chi connectivity index (χ2v) is 6.82. The summed E-state index contributed by atoms with van der Waals surface area (Å²) in [7, 11) is 0. The Morgan fingerprint density at radius 2 is 1.66 bits per heavy atom. The van der Waals surface area contributed by atoms with Crippen LogP contribution in [0, 0.1) is 11.7 Å². The molecule has 2 aromatic carbocycles. The zero-order valence-corrected chi connectivity index (χ0v) is 16.2. The maximum atomic E-state index is 14.0. The van der Waals surface area contributed by atoms with Crippen molar-refractivity contribution in [2.75, 3.05) is 0 Å². The number of benzene rings is 2. The highest BCUT2D eigenvalue weighted by Gasteiger charge is 2.25. The van der Waals surface area contributed by atoms with E-state index < -0.39 is 29.6 Å². The Morgan fingerprint density at radius 1 is 1.03 bits per heavy atom. The molecule has 1 atom stereocenters. The molecule has 2 rings (SSSR count). The average molecular weight is 398 g/mol. The van der Waals surface area contributed by atoms with Gasteiger partial charge < -0.3 is 15.7 Å². The number of rotatable bonds is 8. The van der Waals surface area contributed by atoms with E-state index in [4.69, 9.17) is 0 Å². The van der Waals surface area contributed by atoms with Gasteiger partial charge in [-0.1, -0.05) is 62.4 Å². The summed E-state index contributed by atoms with van der Waals surface area (Å²) < 4.78 is 14.0. The molecular formula is C22H23FN2O4. The van der Waals surface area contributed by atoms with Gasteiger partial charge in [-0.25, -0.2) is 9.18 Å². The molecule has 0 saturated heterocycles. The van der Waals surface area contributed by atoms with Gasteiger partial charge in [-0.05, 0) is 23.6 Å². The Balaban J connectivity index is 2.28. The van der Waals surface area contributed by atoms with Crippen LogP contribution in [0.5, 0.6) is 0 Å². The van der Waals surface area contributed by atoms with E-state index in [-0.39, 0.29) is 23.6 Å². The highest BCUT2D eigenvalue weighted by atomic mass is 19.1. The molecule has 0 saturated carbocycles. The zero-order valence-electron chi connectivity index (χ0n) is 16.2. The van der Waals surface area contributed by atoms with Crippen molar-refractivity contribution in [1.29, 1.82) is 0 Å². The third-order valence-corrected chi connectivity index (χ3v) is 4.15. The molecule has 0 aromatic heterocycles. The van der Waals surface area contributed by atoms with Crippen LogP contribution in [0.15, 0.2) is 60.3 Å². The first-order chi connectivity index (χ1) is 13.8. The van der Waals surface area contributed by atoms with Crippen LogP contribution in [0.1, 0.15) is 25.0 Å². The summed E-state index contributed by atoms with van der Waals surface area (Å²) in [5, 5.41) is 14.2. The van der Waals surface area contributed by atoms with E-state index in [1.165, 1.54) is 24.3 Å². The minimum absolute atomic E-state index is 0.00920. The monoisotopic (exact) mass is 398 g/mol. The zero-order chi connectivity index (χ0) is 21.4. The van der Waals surface area contributed by atoms with E-state index in [1.807, 2.05) is 6.07 Å². The van der Waals surface area contributed by atoms with Gasteiger partial charge in [0, 0.05) is 5.56 Å². The fourth-order valence-corrected chi connectivity index (χ4v) is 2.61. The number of halogens is 1. The van der Waals surface area contributed by atoms with Gasteiger partial charge in [0.2, 0.25) is 5.91 Å². The number of carboxylic acids is 1. The van der Waals surface area contributed by atoms with Crippen LogP contribution in [-0.2, 0) is 20.8 Å².